The number of nitrogens with zero attached hydrogens (tertiary/aromatic N) is 4. The minimum absolute atomic E-state index is 0.00500. The minimum atomic E-state index is -1.04. The van der Waals surface area contributed by atoms with Gasteiger partial charge in [0.05, 0.1) is 12.4 Å². The molecule has 1 saturated carbocycles. The van der Waals surface area contributed by atoms with Crippen LogP contribution in [0.4, 0.5) is 5.82 Å². The van der Waals surface area contributed by atoms with E-state index < -0.39 is 5.97 Å². The Morgan fingerprint density at radius 2 is 2.11 bits per heavy atom. The number of aromatic carboxylic acids is 1. The third kappa shape index (κ3) is 2.53. The number of aromatic nitrogens is 2. The van der Waals surface area contributed by atoms with Crippen molar-refractivity contribution in [2.45, 2.75) is 31.3 Å². The van der Waals surface area contributed by atoms with Gasteiger partial charge >= 0.3 is 5.97 Å². The molecule has 0 bridgehead atoms. The number of rotatable bonds is 4. The Morgan fingerprint density at radius 1 is 1.32 bits per heavy atom. The molecule has 6 heteroatoms. The summed E-state index contributed by atoms with van der Waals surface area (Å²) in [4.78, 5) is 23.5. The predicted molar refractivity (Wildman–Crippen MR) is 70.4 cm³/mol. The summed E-state index contributed by atoms with van der Waals surface area (Å²) in [5, 5.41) is 8.80. The highest BCUT2D eigenvalue weighted by molar-refractivity contribution is 5.84. The first kappa shape index (κ1) is 12.3. The van der Waals surface area contributed by atoms with Gasteiger partial charge in [0.25, 0.3) is 0 Å². The van der Waals surface area contributed by atoms with E-state index in [2.05, 4.69) is 26.8 Å². The molecule has 2 fully saturated rings. The number of hydrogen-bond donors (Lipinski definition) is 1. The second-order valence-corrected chi connectivity index (χ2v) is 5.35. The average Bonchev–Trinajstić information content (AvgIpc) is 3.15. The Balaban J connectivity index is 1.65. The quantitative estimate of drug-likeness (QED) is 0.867. The molecule has 0 spiro atoms. The number of anilines is 1. The van der Waals surface area contributed by atoms with Crippen LogP contribution >= 0.6 is 0 Å². The third-order valence-electron chi connectivity index (χ3n) is 4.04. The van der Waals surface area contributed by atoms with Crippen LogP contribution in [0, 0.1) is 0 Å². The van der Waals surface area contributed by atoms with Crippen molar-refractivity contribution in [3.05, 3.63) is 18.1 Å². The molecule has 0 aromatic carbocycles. The lowest BCUT2D eigenvalue weighted by atomic mass is 10.2. The molecule has 102 valence electrons. The molecule has 2 heterocycles. The molecule has 0 amide bonds. The first-order valence-electron chi connectivity index (χ1n) is 6.67. The lowest BCUT2D eigenvalue weighted by molar-refractivity contribution is 0.0690. The van der Waals surface area contributed by atoms with Crippen molar-refractivity contribution in [3.63, 3.8) is 0 Å². The summed E-state index contributed by atoms with van der Waals surface area (Å²) in [6, 6.07) is 1.35. The molecule has 2 aliphatic rings. The Hall–Kier alpha value is -1.69. The van der Waals surface area contributed by atoms with E-state index in [4.69, 9.17) is 5.11 Å². The van der Waals surface area contributed by atoms with Crippen molar-refractivity contribution in [1.82, 2.24) is 14.9 Å². The van der Waals surface area contributed by atoms with Crippen molar-refractivity contribution in [1.29, 1.82) is 0 Å². The Kier molecular flexibility index (Phi) is 3.10. The third-order valence-corrected chi connectivity index (χ3v) is 4.04. The van der Waals surface area contributed by atoms with Crippen LogP contribution in [0.1, 0.15) is 29.8 Å². The molecule has 3 rings (SSSR count). The molecule has 1 aliphatic carbocycles. The number of carbonyl (C=O) groups is 1. The Morgan fingerprint density at radius 3 is 2.68 bits per heavy atom. The van der Waals surface area contributed by atoms with Crippen LogP contribution in [0.25, 0.3) is 0 Å². The zero-order valence-corrected chi connectivity index (χ0v) is 11.0. The fraction of sp³-hybridized carbons (Fsp3) is 0.615. The fourth-order valence-corrected chi connectivity index (χ4v) is 2.66. The molecular weight excluding hydrogens is 244 g/mol. The van der Waals surface area contributed by atoms with Gasteiger partial charge in [-0.1, -0.05) is 0 Å². The summed E-state index contributed by atoms with van der Waals surface area (Å²) in [6.07, 6.45) is 6.66. The van der Waals surface area contributed by atoms with Crippen molar-refractivity contribution >= 4 is 11.8 Å². The molecule has 1 aliphatic heterocycles. The van der Waals surface area contributed by atoms with Crippen LogP contribution in [0.5, 0.6) is 0 Å². The summed E-state index contributed by atoms with van der Waals surface area (Å²) < 4.78 is 0. The van der Waals surface area contributed by atoms with Crippen molar-refractivity contribution < 1.29 is 9.90 Å². The topological polar surface area (TPSA) is 69.6 Å². The normalized spacial score (nSPS) is 23.1. The largest absolute Gasteiger partial charge is 0.476 e. The Labute approximate surface area is 112 Å². The second kappa shape index (κ2) is 4.77. The molecule has 1 N–H and O–H groups in total. The van der Waals surface area contributed by atoms with E-state index in [1.54, 1.807) is 6.20 Å². The second-order valence-electron chi connectivity index (χ2n) is 5.35. The van der Waals surface area contributed by atoms with E-state index in [1.807, 2.05) is 0 Å². The van der Waals surface area contributed by atoms with Gasteiger partial charge < -0.3 is 10.0 Å². The minimum Gasteiger partial charge on any atom is -0.476 e. The van der Waals surface area contributed by atoms with E-state index in [0.717, 1.165) is 31.4 Å². The SMILES string of the molecule is CN(C1CC1)[C@@H]1CCN(c2cnc(C(=O)O)cn2)C1. The summed E-state index contributed by atoms with van der Waals surface area (Å²) in [6.45, 7) is 1.91. The van der Waals surface area contributed by atoms with Crippen molar-refractivity contribution in [2.75, 3.05) is 25.0 Å². The number of likely N-dealkylation sites (N-methyl/N-ethyl adjacent to an activating group) is 1. The highest BCUT2D eigenvalue weighted by Gasteiger charge is 2.34. The van der Waals surface area contributed by atoms with Gasteiger partial charge in [-0.25, -0.2) is 14.8 Å². The standard InChI is InChI=1S/C13H18N4O2/c1-16(9-2-3-9)10-4-5-17(8-10)12-7-14-11(6-15-12)13(18)19/h6-7,9-10H,2-5,8H2,1H3,(H,18,19)/t10-/m1/s1. The molecule has 19 heavy (non-hydrogen) atoms. The summed E-state index contributed by atoms with van der Waals surface area (Å²) in [7, 11) is 2.20. The van der Waals surface area contributed by atoms with E-state index in [0.29, 0.717) is 6.04 Å². The molecule has 1 atom stereocenters. The van der Waals surface area contributed by atoms with E-state index >= 15 is 0 Å². The lowest BCUT2D eigenvalue weighted by Crippen LogP contribution is -2.36. The van der Waals surface area contributed by atoms with Gasteiger partial charge in [0, 0.05) is 25.2 Å². The highest BCUT2D eigenvalue weighted by atomic mass is 16.4. The maximum Gasteiger partial charge on any atom is 0.356 e. The van der Waals surface area contributed by atoms with Gasteiger partial charge in [-0.2, -0.15) is 0 Å². The van der Waals surface area contributed by atoms with Crippen LogP contribution in [0.2, 0.25) is 0 Å². The van der Waals surface area contributed by atoms with Crippen molar-refractivity contribution in [2.24, 2.45) is 0 Å². The van der Waals surface area contributed by atoms with Gasteiger partial charge in [0.15, 0.2) is 5.69 Å². The Bertz CT molecular complexity index is 472. The zero-order chi connectivity index (χ0) is 13.4. The monoisotopic (exact) mass is 262 g/mol. The number of hydrogen-bond acceptors (Lipinski definition) is 5. The maximum atomic E-state index is 10.7. The molecule has 1 saturated heterocycles. The van der Waals surface area contributed by atoms with Crippen LogP contribution in [0.3, 0.4) is 0 Å². The predicted octanol–water partition coefficient (Wildman–Crippen LogP) is 0.848. The van der Waals surface area contributed by atoms with Gasteiger partial charge in [0.2, 0.25) is 0 Å². The lowest BCUT2D eigenvalue weighted by Gasteiger charge is -2.24. The number of carboxylic acids is 1. The molecule has 1 aromatic heterocycles. The first-order chi connectivity index (χ1) is 9.15. The van der Waals surface area contributed by atoms with Crippen LogP contribution < -0.4 is 4.90 Å². The van der Waals surface area contributed by atoms with Gasteiger partial charge in [-0.15, -0.1) is 0 Å². The number of carboxylic acid groups (broad SMARTS) is 1. The van der Waals surface area contributed by atoms with Crippen LogP contribution in [-0.2, 0) is 0 Å². The van der Waals surface area contributed by atoms with Crippen LogP contribution in [0.15, 0.2) is 12.4 Å². The molecule has 1 aromatic rings. The molecule has 6 nitrogen and oxygen atoms in total. The van der Waals surface area contributed by atoms with Gasteiger partial charge in [-0.3, -0.25) is 4.90 Å². The van der Waals surface area contributed by atoms with E-state index in [1.165, 1.54) is 19.0 Å². The van der Waals surface area contributed by atoms with Gasteiger partial charge in [-0.05, 0) is 26.3 Å². The van der Waals surface area contributed by atoms with E-state index in [-0.39, 0.29) is 5.69 Å². The highest BCUT2D eigenvalue weighted by Crippen LogP contribution is 2.30. The molecule has 0 radical (unpaired) electrons. The van der Waals surface area contributed by atoms with Crippen LogP contribution in [-0.4, -0.2) is 58.2 Å². The molecular formula is C13H18N4O2. The zero-order valence-electron chi connectivity index (χ0n) is 11.0. The smallest absolute Gasteiger partial charge is 0.356 e. The first-order valence-corrected chi connectivity index (χ1v) is 6.67. The average molecular weight is 262 g/mol. The summed E-state index contributed by atoms with van der Waals surface area (Å²) in [5.74, 6) is -0.261. The fourth-order valence-electron chi connectivity index (χ4n) is 2.66. The molecule has 0 unspecified atom stereocenters. The summed E-state index contributed by atoms with van der Waals surface area (Å²) in [5.41, 5.74) is -0.00500. The van der Waals surface area contributed by atoms with Gasteiger partial charge in [0.1, 0.15) is 5.82 Å². The maximum absolute atomic E-state index is 10.7. The summed E-state index contributed by atoms with van der Waals surface area (Å²) >= 11 is 0. The van der Waals surface area contributed by atoms with Crippen molar-refractivity contribution in [3.8, 4) is 0 Å². The van der Waals surface area contributed by atoms with E-state index in [9.17, 15) is 4.79 Å².